The molecule has 0 aliphatic carbocycles. The predicted octanol–water partition coefficient (Wildman–Crippen LogP) is 2.53. The van der Waals surface area contributed by atoms with Gasteiger partial charge in [-0.2, -0.15) is 0 Å². The highest BCUT2D eigenvalue weighted by molar-refractivity contribution is 7.80. The molecule has 1 aromatic carbocycles. The Hall–Kier alpha value is -1.13. The highest BCUT2D eigenvalue weighted by Gasteiger charge is 2.22. The van der Waals surface area contributed by atoms with E-state index in [0.717, 1.165) is 29.9 Å². The third kappa shape index (κ3) is 3.45. The Kier molecular flexibility index (Phi) is 4.77. The van der Waals surface area contributed by atoms with Crippen LogP contribution in [0.2, 0.25) is 0 Å². The van der Waals surface area contributed by atoms with Crippen LogP contribution in [-0.2, 0) is 0 Å². The number of nitrogens with zero attached hydrogens (tertiary/aromatic N) is 1. The van der Waals surface area contributed by atoms with Gasteiger partial charge in [0.1, 0.15) is 4.99 Å². The summed E-state index contributed by atoms with van der Waals surface area (Å²) in [5, 5.41) is 3.53. The summed E-state index contributed by atoms with van der Waals surface area (Å²) in [5.41, 5.74) is 8.94. The van der Waals surface area contributed by atoms with Gasteiger partial charge in [-0.05, 0) is 56.6 Å². The molecule has 1 aliphatic heterocycles. The number of thiocarbonyl (C=S) groups is 1. The van der Waals surface area contributed by atoms with Crippen molar-refractivity contribution in [1.82, 2.24) is 4.90 Å². The van der Waals surface area contributed by atoms with Crippen LogP contribution in [0.1, 0.15) is 30.9 Å². The van der Waals surface area contributed by atoms with Crippen LogP contribution < -0.4 is 11.1 Å². The summed E-state index contributed by atoms with van der Waals surface area (Å²) in [6.07, 6.45) is 2.62. The Morgan fingerprint density at radius 1 is 1.53 bits per heavy atom. The van der Waals surface area contributed by atoms with Crippen LogP contribution in [0.5, 0.6) is 0 Å². The first-order valence-corrected chi connectivity index (χ1v) is 7.41. The number of benzene rings is 1. The van der Waals surface area contributed by atoms with E-state index in [9.17, 15) is 0 Å². The zero-order chi connectivity index (χ0) is 13.8. The van der Waals surface area contributed by atoms with E-state index in [2.05, 4.69) is 29.3 Å². The minimum absolute atomic E-state index is 0.469. The summed E-state index contributed by atoms with van der Waals surface area (Å²) in [4.78, 5) is 3.01. The van der Waals surface area contributed by atoms with Gasteiger partial charge in [0.25, 0.3) is 0 Å². The van der Waals surface area contributed by atoms with Crippen molar-refractivity contribution in [3.63, 3.8) is 0 Å². The Morgan fingerprint density at radius 2 is 2.32 bits per heavy atom. The van der Waals surface area contributed by atoms with Crippen LogP contribution in [0.4, 0.5) is 5.69 Å². The number of aryl methyl sites for hydroxylation is 1. The number of likely N-dealkylation sites (N-methyl/N-ethyl adjacent to an activating group) is 1. The maximum Gasteiger partial charge on any atom is 0.104 e. The molecule has 2 rings (SSSR count). The molecule has 4 heteroatoms. The Labute approximate surface area is 121 Å². The average molecular weight is 277 g/mol. The number of nitrogens with one attached hydrogen (secondary N) is 1. The smallest absolute Gasteiger partial charge is 0.104 e. The maximum atomic E-state index is 5.68. The second-order valence-electron chi connectivity index (χ2n) is 5.20. The number of hydrogen-bond acceptors (Lipinski definition) is 3. The number of likely N-dealkylation sites (tertiary alicyclic amines) is 1. The molecule has 3 nitrogen and oxygen atoms in total. The molecule has 1 unspecified atom stereocenters. The molecule has 1 aromatic rings. The lowest BCUT2D eigenvalue weighted by Crippen LogP contribution is -2.34. The first-order chi connectivity index (χ1) is 9.11. The number of anilines is 1. The summed E-state index contributed by atoms with van der Waals surface area (Å²) in [5.74, 6) is 0. The van der Waals surface area contributed by atoms with E-state index in [0.29, 0.717) is 11.0 Å². The van der Waals surface area contributed by atoms with Gasteiger partial charge in [-0.3, -0.25) is 4.90 Å². The SMILES string of the molecule is CCN1CCCC1CNc1ccc(C(N)=S)c(C)c1. The molecular weight excluding hydrogens is 254 g/mol. The number of nitrogens with two attached hydrogens (primary N) is 1. The molecule has 0 radical (unpaired) electrons. The molecule has 0 spiro atoms. The van der Waals surface area contributed by atoms with Gasteiger partial charge in [-0.1, -0.05) is 19.1 Å². The van der Waals surface area contributed by atoms with Gasteiger partial charge in [0.05, 0.1) is 0 Å². The first kappa shape index (κ1) is 14.3. The van der Waals surface area contributed by atoms with E-state index in [1.54, 1.807) is 0 Å². The fourth-order valence-corrected chi connectivity index (χ4v) is 3.06. The maximum absolute atomic E-state index is 5.68. The van der Waals surface area contributed by atoms with Gasteiger partial charge < -0.3 is 11.1 Å². The van der Waals surface area contributed by atoms with E-state index in [1.807, 2.05) is 13.0 Å². The lowest BCUT2D eigenvalue weighted by Gasteiger charge is -2.23. The normalized spacial score (nSPS) is 19.6. The van der Waals surface area contributed by atoms with E-state index in [-0.39, 0.29) is 0 Å². The van der Waals surface area contributed by atoms with Crippen LogP contribution in [0.15, 0.2) is 18.2 Å². The van der Waals surface area contributed by atoms with Crippen LogP contribution in [0, 0.1) is 6.92 Å². The van der Waals surface area contributed by atoms with Crippen molar-refractivity contribution in [3.8, 4) is 0 Å². The standard InChI is InChI=1S/C15H23N3S/c1-3-18-8-4-5-13(18)10-17-12-6-7-14(15(16)19)11(2)9-12/h6-7,9,13,17H,3-5,8,10H2,1-2H3,(H2,16,19). The lowest BCUT2D eigenvalue weighted by atomic mass is 10.1. The molecule has 1 fully saturated rings. The Morgan fingerprint density at radius 3 is 2.95 bits per heavy atom. The first-order valence-electron chi connectivity index (χ1n) is 7.00. The van der Waals surface area contributed by atoms with E-state index in [1.165, 1.54) is 19.4 Å². The largest absolute Gasteiger partial charge is 0.389 e. The van der Waals surface area contributed by atoms with Crippen LogP contribution >= 0.6 is 12.2 Å². The van der Waals surface area contributed by atoms with Crippen molar-refractivity contribution >= 4 is 22.9 Å². The second-order valence-corrected chi connectivity index (χ2v) is 5.64. The molecule has 0 amide bonds. The van der Waals surface area contributed by atoms with Crippen molar-refractivity contribution in [2.75, 3.05) is 25.0 Å². The Bertz CT molecular complexity index is 459. The van der Waals surface area contributed by atoms with Crippen LogP contribution in [0.3, 0.4) is 0 Å². The van der Waals surface area contributed by atoms with E-state index in [4.69, 9.17) is 18.0 Å². The van der Waals surface area contributed by atoms with E-state index >= 15 is 0 Å². The molecule has 104 valence electrons. The second kappa shape index (κ2) is 6.35. The molecule has 0 aromatic heterocycles. The summed E-state index contributed by atoms with van der Waals surface area (Å²) >= 11 is 5.03. The summed E-state index contributed by atoms with van der Waals surface area (Å²) in [7, 11) is 0. The summed E-state index contributed by atoms with van der Waals surface area (Å²) < 4.78 is 0. The highest BCUT2D eigenvalue weighted by Crippen LogP contribution is 2.19. The van der Waals surface area contributed by atoms with Gasteiger partial charge in [-0.25, -0.2) is 0 Å². The minimum atomic E-state index is 0.469. The van der Waals surface area contributed by atoms with Crippen LogP contribution in [-0.4, -0.2) is 35.6 Å². The molecule has 1 atom stereocenters. The molecular formula is C15H23N3S. The van der Waals surface area contributed by atoms with Crippen molar-refractivity contribution < 1.29 is 0 Å². The summed E-state index contributed by atoms with van der Waals surface area (Å²) in [6, 6.07) is 6.86. The molecule has 0 saturated carbocycles. The highest BCUT2D eigenvalue weighted by atomic mass is 32.1. The fraction of sp³-hybridized carbons (Fsp3) is 0.533. The zero-order valence-electron chi connectivity index (χ0n) is 11.8. The zero-order valence-corrected chi connectivity index (χ0v) is 12.6. The molecule has 0 bridgehead atoms. The quantitative estimate of drug-likeness (QED) is 0.812. The van der Waals surface area contributed by atoms with Crippen molar-refractivity contribution in [1.29, 1.82) is 0 Å². The van der Waals surface area contributed by atoms with Gasteiger partial charge in [0.2, 0.25) is 0 Å². The monoisotopic (exact) mass is 277 g/mol. The van der Waals surface area contributed by atoms with Crippen LogP contribution in [0.25, 0.3) is 0 Å². The third-order valence-electron chi connectivity index (χ3n) is 3.94. The minimum Gasteiger partial charge on any atom is -0.389 e. The molecule has 1 saturated heterocycles. The number of rotatable bonds is 5. The third-order valence-corrected chi connectivity index (χ3v) is 4.16. The van der Waals surface area contributed by atoms with Gasteiger partial charge in [0.15, 0.2) is 0 Å². The molecule has 19 heavy (non-hydrogen) atoms. The average Bonchev–Trinajstić information content (AvgIpc) is 2.83. The lowest BCUT2D eigenvalue weighted by molar-refractivity contribution is 0.277. The number of hydrogen-bond donors (Lipinski definition) is 2. The van der Waals surface area contributed by atoms with Gasteiger partial charge in [-0.15, -0.1) is 0 Å². The topological polar surface area (TPSA) is 41.3 Å². The van der Waals surface area contributed by atoms with Gasteiger partial charge >= 0.3 is 0 Å². The fourth-order valence-electron chi connectivity index (χ4n) is 2.83. The molecule has 1 aliphatic rings. The van der Waals surface area contributed by atoms with E-state index < -0.39 is 0 Å². The van der Waals surface area contributed by atoms with Crippen molar-refractivity contribution in [3.05, 3.63) is 29.3 Å². The Balaban J connectivity index is 1.96. The molecule has 3 N–H and O–H groups in total. The summed E-state index contributed by atoms with van der Waals surface area (Å²) in [6.45, 7) is 7.68. The van der Waals surface area contributed by atoms with Crippen molar-refractivity contribution in [2.45, 2.75) is 32.7 Å². The molecule has 1 heterocycles. The van der Waals surface area contributed by atoms with Gasteiger partial charge in [0, 0.05) is 23.8 Å². The predicted molar refractivity (Wildman–Crippen MR) is 85.8 cm³/mol. The van der Waals surface area contributed by atoms with Crippen molar-refractivity contribution in [2.24, 2.45) is 5.73 Å².